The molecule has 4 nitrogen and oxygen atoms in total. The Morgan fingerprint density at radius 1 is 0.647 bits per heavy atom. The third-order valence-corrected chi connectivity index (χ3v) is 9.61. The van der Waals surface area contributed by atoms with E-state index in [0.29, 0.717) is 12.1 Å². The maximum Gasteiger partial charge on any atom is 0.0183 e. The van der Waals surface area contributed by atoms with Gasteiger partial charge in [0.2, 0.25) is 0 Å². The molecule has 0 spiro atoms. The van der Waals surface area contributed by atoms with E-state index in [2.05, 4.69) is 118 Å². The molecule has 2 heterocycles. The minimum absolute atomic E-state index is 0.0428. The van der Waals surface area contributed by atoms with Crippen LogP contribution in [-0.4, -0.2) is 46.3 Å². The third kappa shape index (κ3) is 7.67. The molecule has 2 saturated heterocycles. The van der Waals surface area contributed by atoms with E-state index in [0.717, 1.165) is 6.54 Å². The van der Waals surface area contributed by atoms with Gasteiger partial charge in [-0.3, -0.25) is 0 Å². The second-order valence-electron chi connectivity index (χ2n) is 16.3. The highest BCUT2D eigenvalue weighted by atomic mass is 15.1. The van der Waals surface area contributed by atoms with E-state index in [9.17, 15) is 0 Å². The molecule has 34 heavy (non-hydrogen) atoms. The molecular formula is C30H62N4. The second-order valence-corrected chi connectivity index (χ2v) is 16.3. The Balaban J connectivity index is 1.95. The Morgan fingerprint density at radius 3 is 1.44 bits per heavy atom. The zero-order chi connectivity index (χ0) is 26.4. The smallest absolute Gasteiger partial charge is 0.0183 e. The standard InChI is InChI=1S/C30H62N4/c1-24(2,16-15-17-31-22-18-25(3,4)33-26(5,6)19-22)29(11,12)30(13,14)32-23-20-27(7,8)34-28(9,10)21-23/h22-23,31-34H,15-21H2,1-14H3. The van der Waals surface area contributed by atoms with E-state index in [-0.39, 0.29) is 38.5 Å². The molecule has 2 rings (SSSR count). The van der Waals surface area contributed by atoms with Crippen molar-refractivity contribution in [3.8, 4) is 0 Å². The van der Waals surface area contributed by atoms with E-state index < -0.39 is 0 Å². The Bertz CT molecular complexity index is 652. The molecule has 2 aliphatic heterocycles. The van der Waals surface area contributed by atoms with Crippen LogP contribution in [0.3, 0.4) is 0 Å². The molecular weight excluding hydrogens is 416 g/mol. The molecule has 0 aromatic heterocycles. The lowest BCUT2D eigenvalue weighted by molar-refractivity contribution is -0.00966. The summed E-state index contributed by atoms with van der Waals surface area (Å²) >= 11 is 0. The SMILES string of the molecule is CC1(C)CC(NCCCC(C)(C)C(C)(C)C(C)(C)NC2CC(C)(C)NC(C)(C)C2)CC(C)(C)N1. The van der Waals surface area contributed by atoms with Gasteiger partial charge in [0, 0.05) is 39.8 Å². The van der Waals surface area contributed by atoms with E-state index in [4.69, 9.17) is 0 Å². The lowest BCUT2D eigenvalue weighted by atomic mass is 9.56. The monoisotopic (exact) mass is 478 g/mol. The number of hydrogen-bond donors (Lipinski definition) is 4. The van der Waals surface area contributed by atoms with Gasteiger partial charge in [-0.15, -0.1) is 0 Å². The van der Waals surface area contributed by atoms with Crippen molar-refractivity contribution in [2.24, 2.45) is 10.8 Å². The Kier molecular flexibility index (Phi) is 8.50. The average molecular weight is 479 g/mol. The summed E-state index contributed by atoms with van der Waals surface area (Å²) in [6, 6.07) is 1.14. The summed E-state index contributed by atoms with van der Waals surface area (Å²) in [5.74, 6) is 0. The van der Waals surface area contributed by atoms with Crippen LogP contribution in [0.1, 0.15) is 135 Å². The molecule has 0 atom stereocenters. The van der Waals surface area contributed by atoms with Gasteiger partial charge in [-0.25, -0.2) is 0 Å². The summed E-state index contributed by atoms with van der Waals surface area (Å²) in [4.78, 5) is 0. The maximum absolute atomic E-state index is 4.15. The number of piperidine rings is 2. The summed E-state index contributed by atoms with van der Waals surface area (Å²) < 4.78 is 0. The Morgan fingerprint density at radius 2 is 1.03 bits per heavy atom. The van der Waals surface area contributed by atoms with Crippen LogP contribution < -0.4 is 21.3 Å². The summed E-state index contributed by atoms with van der Waals surface area (Å²) in [5.41, 5.74) is 1.16. The van der Waals surface area contributed by atoms with Gasteiger partial charge in [0.25, 0.3) is 0 Å². The van der Waals surface area contributed by atoms with Crippen LogP contribution in [0.4, 0.5) is 0 Å². The minimum Gasteiger partial charge on any atom is -0.314 e. The zero-order valence-corrected chi connectivity index (χ0v) is 25.6. The van der Waals surface area contributed by atoms with Gasteiger partial charge in [-0.1, -0.05) is 27.7 Å². The summed E-state index contributed by atoms with van der Waals surface area (Å²) in [5, 5.41) is 15.7. The molecule has 2 aliphatic rings. The van der Waals surface area contributed by atoms with Crippen molar-refractivity contribution in [1.82, 2.24) is 21.3 Å². The first-order valence-corrected chi connectivity index (χ1v) is 14.1. The van der Waals surface area contributed by atoms with Crippen LogP contribution in [-0.2, 0) is 0 Å². The molecule has 4 heteroatoms. The minimum atomic E-state index is 0.0428. The Labute approximate surface area is 214 Å². The van der Waals surface area contributed by atoms with Crippen molar-refractivity contribution in [2.75, 3.05) is 6.54 Å². The van der Waals surface area contributed by atoms with E-state index in [1.807, 2.05) is 0 Å². The maximum atomic E-state index is 4.15. The van der Waals surface area contributed by atoms with Crippen molar-refractivity contribution in [1.29, 1.82) is 0 Å². The molecule has 4 N–H and O–H groups in total. The third-order valence-electron chi connectivity index (χ3n) is 9.61. The summed E-state index contributed by atoms with van der Waals surface area (Å²) in [6.45, 7) is 34.7. The highest BCUT2D eigenvalue weighted by Crippen LogP contribution is 2.50. The topological polar surface area (TPSA) is 48.1 Å². The van der Waals surface area contributed by atoms with Crippen molar-refractivity contribution in [3.05, 3.63) is 0 Å². The van der Waals surface area contributed by atoms with Crippen LogP contribution in [0, 0.1) is 10.8 Å². The number of rotatable bonds is 9. The van der Waals surface area contributed by atoms with Crippen molar-refractivity contribution < 1.29 is 0 Å². The molecule has 0 aromatic carbocycles. The first-order valence-electron chi connectivity index (χ1n) is 14.1. The molecule has 0 aromatic rings. The normalized spacial score (nSPS) is 25.9. The van der Waals surface area contributed by atoms with E-state index in [1.54, 1.807) is 0 Å². The quantitative estimate of drug-likeness (QED) is 0.290. The molecule has 0 aliphatic carbocycles. The fourth-order valence-corrected chi connectivity index (χ4v) is 7.58. The Hall–Kier alpha value is -0.160. The van der Waals surface area contributed by atoms with Crippen LogP contribution in [0.25, 0.3) is 0 Å². The van der Waals surface area contributed by atoms with Crippen molar-refractivity contribution in [2.45, 2.75) is 175 Å². The van der Waals surface area contributed by atoms with Crippen molar-refractivity contribution in [3.63, 3.8) is 0 Å². The zero-order valence-electron chi connectivity index (χ0n) is 25.6. The molecule has 0 amide bonds. The predicted molar refractivity (Wildman–Crippen MR) is 151 cm³/mol. The molecule has 0 saturated carbocycles. The predicted octanol–water partition coefficient (Wildman–Crippen LogP) is 6.40. The van der Waals surface area contributed by atoms with Crippen molar-refractivity contribution >= 4 is 0 Å². The lowest BCUT2D eigenvalue weighted by Crippen LogP contribution is -2.66. The van der Waals surface area contributed by atoms with Crippen LogP contribution in [0.5, 0.6) is 0 Å². The lowest BCUT2D eigenvalue weighted by Gasteiger charge is -2.56. The number of hydrogen-bond acceptors (Lipinski definition) is 4. The fourth-order valence-electron chi connectivity index (χ4n) is 7.58. The van der Waals surface area contributed by atoms with E-state index in [1.165, 1.54) is 38.5 Å². The largest absolute Gasteiger partial charge is 0.314 e. The average Bonchev–Trinajstić information content (AvgIpc) is 2.52. The van der Waals surface area contributed by atoms with E-state index >= 15 is 0 Å². The molecule has 0 unspecified atom stereocenters. The molecule has 202 valence electrons. The van der Waals surface area contributed by atoms with Gasteiger partial charge < -0.3 is 21.3 Å². The van der Waals surface area contributed by atoms with Crippen LogP contribution >= 0.6 is 0 Å². The molecule has 0 radical (unpaired) electrons. The first-order chi connectivity index (χ1) is 15.0. The summed E-state index contributed by atoms with van der Waals surface area (Å²) in [7, 11) is 0. The van der Waals surface area contributed by atoms with Crippen LogP contribution in [0.2, 0.25) is 0 Å². The molecule has 2 fully saturated rings. The summed E-state index contributed by atoms with van der Waals surface area (Å²) in [6.07, 6.45) is 7.20. The van der Waals surface area contributed by atoms with Gasteiger partial charge in [0.15, 0.2) is 0 Å². The van der Waals surface area contributed by atoms with Crippen LogP contribution in [0.15, 0.2) is 0 Å². The first kappa shape index (κ1) is 30.1. The van der Waals surface area contributed by atoms with Gasteiger partial charge in [0.1, 0.15) is 0 Å². The highest BCUT2D eigenvalue weighted by molar-refractivity contribution is 5.07. The number of nitrogens with one attached hydrogen (secondary N) is 4. The van der Waals surface area contributed by atoms with Gasteiger partial charge >= 0.3 is 0 Å². The van der Waals surface area contributed by atoms with Gasteiger partial charge in [-0.2, -0.15) is 0 Å². The van der Waals surface area contributed by atoms with Gasteiger partial charge in [-0.05, 0) is 125 Å². The van der Waals surface area contributed by atoms with Gasteiger partial charge in [0.05, 0.1) is 0 Å². The fraction of sp³-hybridized carbons (Fsp3) is 1.00. The molecule has 0 bridgehead atoms. The second kappa shape index (κ2) is 9.62. The highest BCUT2D eigenvalue weighted by Gasteiger charge is 2.49.